The van der Waals surface area contributed by atoms with Crippen LogP contribution in [0.15, 0.2) is 119 Å². The minimum absolute atomic E-state index is 0.267. The number of aromatic nitrogens is 2. The van der Waals surface area contributed by atoms with Gasteiger partial charge in [-0.25, -0.2) is 0 Å². The summed E-state index contributed by atoms with van der Waals surface area (Å²) < 4.78 is 1.86. The van der Waals surface area contributed by atoms with Crippen molar-refractivity contribution in [3.8, 4) is 0 Å². The van der Waals surface area contributed by atoms with E-state index in [1.807, 2.05) is 108 Å². The zero-order chi connectivity index (χ0) is 24.5. The summed E-state index contributed by atoms with van der Waals surface area (Å²) in [6.45, 7) is 0.572. The van der Waals surface area contributed by atoms with Gasteiger partial charge < -0.3 is 5.32 Å². The van der Waals surface area contributed by atoms with E-state index < -0.39 is 5.92 Å². The van der Waals surface area contributed by atoms with E-state index in [-0.39, 0.29) is 11.8 Å². The van der Waals surface area contributed by atoms with Gasteiger partial charge >= 0.3 is 0 Å². The molecule has 2 heterocycles. The van der Waals surface area contributed by atoms with E-state index in [1.165, 1.54) is 0 Å². The SMILES string of the molecule is O=C(Nc1ccc(C2=C3C=CC=CC3C(=O)N=N2)cc1)c1nn(Cc2ccccc2)c2ccccc12. The van der Waals surface area contributed by atoms with Crippen LogP contribution in [0.1, 0.15) is 21.6 Å². The lowest BCUT2D eigenvalue weighted by Gasteiger charge is -2.19. The molecule has 1 aliphatic heterocycles. The highest BCUT2D eigenvalue weighted by atomic mass is 16.2. The minimum atomic E-state index is -0.402. The number of allylic oxidation sites excluding steroid dienone is 3. The van der Waals surface area contributed by atoms with Crippen LogP contribution >= 0.6 is 0 Å². The number of amides is 2. The number of anilines is 1. The third-order valence-corrected chi connectivity index (χ3v) is 6.28. The van der Waals surface area contributed by atoms with Crippen LogP contribution in [-0.4, -0.2) is 21.6 Å². The van der Waals surface area contributed by atoms with Gasteiger partial charge in [0, 0.05) is 16.6 Å². The van der Waals surface area contributed by atoms with E-state index in [1.54, 1.807) is 0 Å². The van der Waals surface area contributed by atoms with Gasteiger partial charge in [-0.2, -0.15) is 5.10 Å². The molecule has 1 atom stereocenters. The fourth-order valence-corrected chi connectivity index (χ4v) is 4.50. The number of hydrogen-bond acceptors (Lipinski definition) is 4. The summed E-state index contributed by atoms with van der Waals surface area (Å²) >= 11 is 0. The fraction of sp³-hybridized carbons (Fsp3) is 0.0690. The van der Waals surface area contributed by atoms with E-state index in [9.17, 15) is 9.59 Å². The molecule has 7 heteroatoms. The minimum Gasteiger partial charge on any atom is -0.321 e. The number of fused-ring (bicyclic) bond motifs is 2. The Morgan fingerprint density at radius 2 is 1.67 bits per heavy atom. The van der Waals surface area contributed by atoms with E-state index in [2.05, 4.69) is 20.6 Å². The molecular weight excluding hydrogens is 450 g/mol. The second kappa shape index (κ2) is 9.03. The van der Waals surface area contributed by atoms with Crippen molar-refractivity contribution < 1.29 is 9.59 Å². The van der Waals surface area contributed by atoms with E-state index >= 15 is 0 Å². The molecule has 0 saturated carbocycles. The molecule has 0 fully saturated rings. The first-order valence-corrected chi connectivity index (χ1v) is 11.6. The number of benzene rings is 3. The Morgan fingerprint density at radius 3 is 2.50 bits per heavy atom. The van der Waals surface area contributed by atoms with Crippen LogP contribution in [0.3, 0.4) is 0 Å². The molecule has 36 heavy (non-hydrogen) atoms. The highest BCUT2D eigenvalue weighted by Crippen LogP contribution is 2.34. The highest BCUT2D eigenvalue weighted by Gasteiger charge is 2.27. The Morgan fingerprint density at radius 1 is 0.889 bits per heavy atom. The van der Waals surface area contributed by atoms with Crippen molar-refractivity contribution in [3.63, 3.8) is 0 Å². The van der Waals surface area contributed by atoms with Crippen LogP contribution in [0.5, 0.6) is 0 Å². The maximum absolute atomic E-state index is 13.2. The summed E-state index contributed by atoms with van der Waals surface area (Å²) in [6, 6.07) is 25.1. The van der Waals surface area contributed by atoms with Gasteiger partial charge in [0.25, 0.3) is 11.8 Å². The number of carbonyl (C=O) groups is 2. The summed E-state index contributed by atoms with van der Waals surface area (Å²) in [5.74, 6) is -0.950. The van der Waals surface area contributed by atoms with Gasteiger partial charge in [0.2, 0.25) is 0 Å². The molecule has 6 rings (SSSR count). The van der Waals surface area contributed by atoms with Crippen molar-refractivity contribution in [3.05, 3.63) is 126 Å². The molecule has 1 unspecified atom stereocenters. The van der Waals surface area contributed by atoms with Gasteiger partial charge in [0.15, 0.2) is 5.69 Å². The summed E-state index contributed by atoms with van der Waals surface area (Å²) in [5.41, 5.74) is 5.32. The lowest BCUT2D eigenvalue weighted by Crippen LogP contribution is -2.17. The first-order chi connectivity index (χ1) is 17.7. The summed E-state index contributed by atoms with van der Waals surface area (Å²) in [4.78, 5) is 25.3. The molecule has 2 aliphatic rings. The zero-order valence-corrected chi connectivity index (χ0v) is 19.2. The number of azo groups is 1. The predicted molar refractivity (Wildman–Crippen MR) is 138 cm³/mol. The lowest BCUT2D eigenvalue weighted by atomic mass is 9.89. The molecule has 4 aromatic rings. The molecule has 0 radical (unpaired) electrons. The van der Waals surface area contributed by atoms with Gasteiger partial charge in [0.1, 0.15) is 0 Å². The lowest BCUT2D eigenvalue weighted by molar-refractivity contribution is -0.119. The standard InChI is InChI=1S/C29H21N5O2/c35-28-23-11-5-4-10-22(23)26(31-32-28)20-14-16-21(17-15-20)30-29(36)27-24-12-6-7-13-25(24)34(33-27)18-19-8-2-1-3-9-19/h1-17,23H,18H2,(H,30,36). The molecule has 3 aromatic carbocycles. The van der Waals surface area contributed by atoms with Crippen LogP contribution in [0.4, 0.5) is 5.69 Å². The fourth-order valence-electron chi connectivity index (χ4n) is 4.50. The van der Waals surface area contributed by atoms with Gasteiger partial charge in [-0.05, 0) is 29.3 Å². The number of nitrogens with zero attached hydrogens (tertiary/aromatic N) is 4. The van der Waals surface area contributed by atoms with Crippen LogP contribution in [0.25, 0.3) is 16.6 Å². The second-order valence-electron chi connectivity index (χ2n) is 8.60. The molecule has 0 bridgehead atoms. The summed E-state index contributed by atoms with van der Waals surface area (Å²) in [7, 11) is 0. The second-order valence-corrected chi connectivity index (χ2v) is 8.60. The molecule has 1 aromatic heterocycles. The molecule has 0 spiro atoms. The molecule has 0 saturated heterocycles. The maximum Gasteiger partial charge on any atom is 0.276 e. The molecule has 174 valence electrons. The smallest absolute Gasteiger partial charge is 0.276 e. The zero-order valence-electron chi connectivity index (χ0n) is 19.2. The normalized spacial score (nSPS) is 16.4. The molecule has 7 nitrogen and oxygen atoms in total. The van der Waals surface area contributed by atoms with Crippen molar-refractivity contribution in [1.29, 1.82) is 0 Å². The maximum atomic E-state index is 13.2. The van der Waals surface area contributed by atoms with Crippen LogP contribution in [0.2, 0.25) is 0 Å². The van der Waals surface area contributed by atoms with Gasteiger partial charge in [-0.15, -0.1) is 10.2 Å². The third kappa shape index (κ3) is 3.96. The topological polar surface area (TPSA) is 88.7 Å². The van der Waals surface area contributed by atoms with Crippen molar-refractivity contribution in [2.24, 2.45) is 16.1 Å². The average Bonchev–Trinajstić information content (AvgIpc) is 3.29. The predicted octanol–water partition coefficient (Wildman–Crippen LogP) is 5.78. The van der Waals surface area contributed by atoms with E-state index in [0.717, 1.165) is 27.6 Å². The molecule has 2 amide bonds. The molecule has 1 N–H and O–H groups in total. The number of carbonyl (C=O) groups excluding carboxylic acids is 2. The highest BCUT2D eigenvalue weighted by molar-refractivity contribution is 6.11. The van der Waals surface area contributed by atoms with Gasteiger partial charge in [-0.3, -0.25) is 14.3 Å². The van der Waals surface area contributed by atoms with Crippen molar-refractivity contribution in [2.45, 2.75) is 6.54 Å². The Bertz CT molecular complexity index is 1610. The number of hydrogen-bond donors (Lipinski definition) is 1. The van der Waals surface area contributed by atoms with Crippen LogP contribution in [-0.2, 0) is 11.3 Å². The van der Waals surface area contributed by atoms with Crippen LogP contribution in [0, 0.1) is 5.92 Å². The number of rotatable bonds is 5. The Labute approximate surface area is 207 Å². The summed E-state index contributed by atoms with van der Waals surface area (Å²) in [5, 5.41) is 16.4. The van der Waals surface area contributed by atoms with Crippen molar-refractivity contribution >= 4 is 34.1 Å². The van der Waals surface area contributed by atoms with Crippen LogP contribution < -0.4 is 5.32 Å². The largest absolute Gasteiger partial charge is 0.321 e. The molecular formula is C29H21N5O2. The first kappa shape index (κ1) is 21.6. The molecule has 1 aliphatic carbocycles. The number of nitrogens with one attached hydrogen (secondary N) is 1. The van der Waals surface area contributed by atoms with Crippen molar-refractivity contribution in [2.75, 3.05) is 5.32 Å². The summed E-state index contributed by atoms with van der Waals surface area (Å²) in [6.07, 6.45) is 7.44. The first-order valence-electron chi connectivity index (χ1n) is 11.6. The Balaban J connectivity index is 1.26. The monoisotopic (exact) mass is 471 g/mol. The van der Waals surface area contributed by atoms with E-state index in [4.69, 9.17) is 0 Å². The van der Waals surface area contributed by atoms with Crippen molar-refractivity contribution in [1.82, 2.24) is 9.78 Å². The van der Waals surface area contributed by atoms with Gasteiger partial charge in [-0.1, -0.05) is 85.0 Å². The quantitative estimate of drug-likeness (QED) is 0.400. The van der Waals surface area contributed by atoms with E-state index in [0.29, 0.717) is 23.6 Å². The average molecular weight is 472 g/mol. The Hall–Kier alpha value is -4.91. The number of para-hydroxylation sites is 1. The Kier molecular flexibility index (Phi) is 5.42. The van der Waals surface area contributed by atoms with Gasteiger partial charge in [0.05, 0.1) is 23.7 Å². The third-order valence-electron chi connectivity index (χ3n) is 6.28.